The lowest BCUT2D eigenvalue weighted by molar-refractivity contribution is -0.384. The average Bonchev–Trinajstić information content (AvgIpc) is 3.24. The van der Waals surface area contributed by atoms with E-state index in [1.165, 1.54) is 25.1 Å². The van der Waals surface area contributed by atoms with Gasteiger partial charge in [-0.1, -0.05) is 24.3 Å². The van der Waals surface area contributed by atoms with Crippen molar-refractivity contribution in [3.05, 3.63) is 93.5 Å². The molecule has 3 aromatic rings. The fourth-order valence-corrected chi connectivity index (χ4v) is 4.37. The summed E-state index contributed by atoms with van der Waals surface area (Å²) in [6, 6.07) is 18.4. The smallest absolute Gasteiger partial charge is 0.270 e. The first-order chi connectivity index (χ1) is 19.5. The number of nitrogens with one attached hydrogen (secondary N) is 2. The maximum atomic E-state index is 13.5. The molecule has 0 aromatic heterocycles. The van der Waals surface area contributed by atoms with Crippen LogP contribution < -0.4 is 20.3 Å². The molecule has 4 rings (SSSR count). The Balaban J connectivity index is 1.93. The summed E-state index contributed by atoms with van der Waals surface area (Å²) in [7, 11) is 0. The number of carbonyl (C=O) groups is 2. The van der Waals surface area contributed by atoms with Crippen LogP contribution in [0.4, 0.5) is 17.1 Å². The summed E-state index contributed by atoms with van der Waals surface area (Å²) >= 11 is 0. The third kappa shape index (κ3) is 6.84. The second kappa shape index (κ2) is 11.8. The standard InChI is InChI=1S/C30H29N5O6/c1-19(37)32-16-20-5-7-21(8-6-20)28(27-25-15-23(35(39)40)11-14-26(25)33-29(27)38)34(17-31-18-36)22-9-12-24(13-10-22)41-30(2,3)4/h5-15H,16-17H2,1-4H3,(H,32,37)(H,33,38)/b28-27-. The van der Waals surface area contributed by atoms with Gasteiger partial charge in [0.05, 0.1) is 16.2 Å². The molecule has 41 heavy (non-hydrogen) atoms. The Morgan fingerprint density at radius 3 is 2.37 bits per heavy atom. The molecule has 0 unspecified atom stereocenters. The average molecular weight is 556 g/mol. The zero-order chi connectivity index (χ0) is 29.7. The van der Waals surface area contributed by atoms with E-state index in [4.69, 9.17) is 4.74 Å². The number of benzene rings is 3. The number of amides is 2. The largest absolute Gasteiger partial charge is 0.488 e. The van der Waals surface area contributed by atoms with Crippen molar-refractivity contribution >= 4 is 46.2 Å². The third-order valence-electron chi connectivity index (χ3n) is 6.08. The van der Waals surface area contributed by atoms with Crippen LogP contribution in [0.5, 0.6) is 5.75 Å². The summed E-state index contributed by atoms with van der Waals surface area (Å²) in [6.45, 7) is 7.34. The number of ether oxygens (including phenoxy) is 1. The fourth-order valence-electron chi connectivity index (χ4n) is 4.37. The predicted octanol–water partition coefficient (Wildman–Crippen LogP) is 5.03. The molecule has 0 saturated heterocycles. The minimum Gasteiger partial charge on any atom is -0.488 e. The quantitative estimate of drug-likeness (QED) is 0.124. The molecule has 11 heteroatoms. The molecular formula is C30H29N5O6. The molecule has 0 saturated carbocycles. The number of anilines is 2. The zero-order valence-corrected chi connectivity index (χ0v) is 23.1. The van der Waals surface area contributed by atoms with E-state index in [0.717, 1.165) is 5.56 Å². The molecule has 11 nitrogen and oxygen atoms in total. The number of nitrogens with zero attached hydrogens (tertiary/aromatic N) is 3. The summed E-state index contributed by atoms with van der Waals surface area (Å²) in [4.78, 5) is 52.6. The van der Waals surface area contributed by atoms with Crippen LogP contribution >= 0.6 is 0 Å². The first kappa shape index (κ1) is 28.7. The summed E-state index contributed by atoms with van der Waals surface area (Å²) in [5, 5.41) is 17.1. The van der Waals surface area contributed by atoms with Gasteiger partial charge in [-0.05, 0) is 62.2 Å². The monoisotopic (exact) mass is 555 g/mol. The molecule has 1 aliphatic heterocycles. The van der Waals surface area contributed by atoms with Gasteiger partial charge in [0.25, 0.3) is 11.6 Å². The third-order valence-corrected chi connectivity index (χ3v) is 6.08. The second-order valence-corrected chi connectivity index (χ2v) is 10.3. The Kier molecular flexibility index (Phi) is 8.30. The van der Waals surface area contributed by atoms with Gasteiger partial charge in [0.2, 0.25) is 12.0 Å². The van der Waals surface area contributed by atoms with Crippen molar-refractivity contribution < 1.29 is 24.0 Å². The Morgan fingerprint density at radius 1 is 1.10 bits per heavy atom. The molecule has 0 aliphatic carbocycles. The first-order valence-corrected chi connectivity index (χ1v) is 12.8. The number of hydrogen-bond donors (Lipinski definition) is 2. The van der Waals surface area contributed by atoms with Gasteiger partial charge in [-0.15, -0.1) is 0 Å². The second-order valence-electron chi connectivity index (χ2n) is 10.3. The van der Waals surface area contributed by atoms with Crippen molar-refractivity contribution in [2.75, 3.05) is 16.9 Å². The maximum absolute atomic E-state index is 13.5. The van der Waals surface area contributed by atoms with Crippen molar-refractivity contribution in [1.82, 2.24) is 5.32 Å². The number of nitro groups is 1. The predicted molar refractivity (Wildman–Crippen MR) is 155 cm³/mol. The van der Waals surface area contributed by atoms with Gasteiger partial charge in [-0.25, -0.2) is 4.79 Å². The number of fused-ring (bicyclic) bond motifs is 1. The highest BCUT2D eigenvalue weighted by Gasteiger charge is 2.32. The van der Waals surface area contributed by atoms with Crippen LogP contribution in [0.15, 0.2) is 71.7 Å². The highest BCUT2D eigenvalue weighted by atomic mass is 16.6. The molecule has 0 atom stereocenters. The summed E-state index contributed by atoms with van der Waals surface area (Å²) in [6.07, 6.45) is 1.55. The van der Waals surface area contributed by atoms with E-state index >= 15 is 0 Å². The van der Waals surface area contributed by atoms with Crippen molar-refractivity contribution in [1.29, 1.82) is 0 Å². The van der Waals surface area contributed by atoms with Crippen molar-refractivity contribution in [3.63, 3.8) is 0 Å². The van der Waals surface area contributed by atoms with Gasteiger partial charge in [0, 0.05) is 42.5 Å². The van der Waals surface area contributed by atoms with Crippen LogP contribution in [0.3, 0.4) is 0 Å². The lowest BCUT2D eigenvalue weighted by Crippen LogP contribution is -2.25. The summed E-state index contributed by atoms with van der Waals surface area (Å²) in [5.74, 6) is -0.0173. The number of rotatable bonds is 9. The normalized spacial score (nSPS) is 13.4. The van der Waals surface area contributed by atoms with Crippen LogP contribution in [-0.2, 0) is 20.9 Å². The topological polar surface area (TPSA) is 143 Å². The first-order valence-electron chi connectivity index (χ1n) is 12.8. The molecule has 1 heterocycles. The molecule has 0 radical (unpaired) electrons. The molecule has 210 valence electrons. The van der Waals surface area contributed by atoms with Crippen molar-refractivity contribution in [3.8, 4) is 5.75 Å². The van der Waals surface area contributed by atoms with Gasteiger partial charge < -0.3 is 20.3 Å². The minimum absolute atomic E-state index is 0.172. The SMILES string of the molecule is CC(=O)NCc1ccc(/C(=C2/C(=O)Nc3ccc([N+](=O)[O-])cc32)N(CN=C=O)c2ccc(OC(C)(C)C)cc2)cc1. The fraction of sp³-hybridized carbons (Fsp3) is 0.233. The Labute approximate surface area is 236 Å². The molecule has 3 aromatic carbocycles. The number of carbonyl (C=O) groups excluding carboxylic acids is 3. The van der Waals surface area contributed by atoms with E-state index in [-0.39, 0.29) is 23.8 Å². The van der Waals surface area contributed by atoms with Crippen LogP contribution in [0.1, 0.15) is 44.4 Å². The Hall–Kier alpha value is -5.28. The highest BCUT2D eigenvalue weighted by molar-refractivity contribution is 6.37. The lowest BCUT2D eigenvalue weighted by atomic mass is 9.97. The van der Waals surface area contributed by atoms with Gasteiger partial charge in [-0.3, -0.25) is 19.7 Å². The van der Waals surface area contributed by atoms with Crippen molar-refractivity contribution in [2.24, 2.45) is 4.99 Å². The number of non-ortho nitro benzene ring substituents is 1. The van der Waals surface area contributed by atoms with E-state index in [9.17, 15) is 24.5 Å². The highest BCUT2D eigenvalue weighted by Crippen LogP contribution is 2.42. The van der Waals surface area contributed by atoms with Crippen LogP contribution in [0.2, 0.25) is 0 Å². The van der Waals surface area contributed by atoms with Crippen molar-refractivity contribution in [2.45, 2.75) is 39.8 Å². The molecule has 0 bridgehead atoms. The van der Waals surface area contributed by atoms with E-state index in [2.05, 4.69) is 15.6 Å². The Morgan fingerprint density at radius 2 is 1.78 bits per heavy atom. The van der Waals surface area contributed by atoms with Gasteiger partial charge in [0.15, 0.2) is 0 Å². The van der Waals surface area contributed by atoms with E-state index in [1.807, 2.05) is 20.8 Å². The maximum Gasteiger partial charge on any atom is 0.270 e. The van der Waals surface area contributed by atoms with E-state index in [0.29, 0.717) is 40.5 Å². The summed E-state index contributed by atoms with van der Waals surface area (Å²) in [5.41, 5.74) is 2.70. The molecule has 0 spiro atoms. The number of aliphatic imine (C=N–C) groups is 1. The zero-order valence-electron chi connectivity index (χ0n) is 23.1. The number of hydrogen-bond acceptors (Lipinski definition) is 8. The minimum atomic E-state index is -0.528. The van der Waals surface area contributed by atoms with Crippen LogP contribution in [0.25, 0.3) is 11.3 Å². The van der Waals surface area contributed by atoms with Crippen LogP contribution in [-0.4, -0.2) is 35.1 Å². The van der Waals surface area contributed by atoms with E-state index < -0.39 is 16.4 Å². The van der Waals surface area contributed by atoms with Gasteiger partial charge in [-0.2, -0.15) is 4.99 Å². The van der Waals surface area contributed by atoms with E-state index in [1.54, 1.807) is 59.5 Å². The van der Waals surface area contributed by atoms with Gasteiger partial charge in [0.1, 0.15) is 18.0 Å². The molecule has 2 N–H and O–H groups in total. The Bertz CT molecular complexity index is 1570. The van der Waals surface area contributed by atoms with Gasteiger partial charge >= 0.3 is 0 Å². The molecule has 1 aliphatic rings. The molecule has 0 fully saturated rings. The number of isocyanates is 1. The van der Waals surface area contributed by atoms with Crippen LogP contribution in [0, 0.1) is 10.1 Å². The summed E-state index contributed by atoms with van der Waals surface area (Å²) < 4.78 is 5.94. The lowest BCUT2D eigenvalue weighted by Gasteiger charge is -2.28. The molecule has 2 amide bonds. The number of nitro benzene ring substituents is 1. The molecular weight excluding hydrogens is 526 g/mol.